The number of esters is 1. The molecular formula is C13H9BrN2O5. The van der Waals surface area contributed by atoms with Crippen molar-refractivity contribution in [2.24, 2.45) is 0 Å². The zero-order chi connectivity index (χ0) is 15.2. The van der Waals surface area contributed by atoms with Crippen molar-refractivity contribution in [3.63, 3.8) is 0 Å². The lowest BCUT2D eigenvalue weighted by atomic mass is 10.3. The number of rotatable bonds is 5. The van der Waals surface area contributed by atoms with Crippen LogP contribution in [0.2, 0.25) is 0 Å². The second-order valence-corrected chi connectivity index (χ2v) is 4.56. The first-order chi connectivity index (χ1) is 10.1. The highest BCUT2D eigenvalue weighted by molar-refractivity contribution is 9.10. The maximum absolute atomic E-state index is 11.6. The first-order valence-corrected chi connectivity index (χ1v) is 6.54. The number of aromatic nitrogens is 1. The molecule has 2 aromatic rings. The summed E-state index contributed by atoms with van der Waals surface area (Å²) in [5.41, 5.74) is -0.0517. The third kappa shape index (κ3) is 4.25. The summed E-state index contributed by atoms with van der Waals surface area (Å²) in [5, 5.41) is 10.5. The van der Waals surface area contributed by atoms with Gasteiger partial charge in [0.2, 0.25) is 0 Å². The Bertz CT molecular complexity index is 660. The monoisotopic (exact) mass is 352 g/mol. The van der Waals surface area contributed by atoms with E-state index in [4.69, 9.17) is 9.47 Å². The Hall–Kier alpha value is -2.48. The van der Waals surface area contributed by atoms with Crippen molar-refractivity contribution in [2.75, 3.05) is 6.61 Å². The highest BCUT2D eigenvalue weighted by Crippen LogP contribution is 2.21. The minimum Gasteiger partial charge on any atom is -0.482 e. The Balaban J connectivity index is 1.89. The number of nitro benzene ring substituents is 1. The van der Waals surface area contributed by atoms with Crippen LogP contribution in [-0.4, -0.2) is 22.5 Å². The van der Waals surface area contributed by atoms with E-state index in [9.17, 15) is 14.9 Å². The molecule has 1 aromatic heterocycles. The van der Waals surface area contributed by atoms with E-state index in [1.165, 1.54) is 24.3 Å². The summed E-state index contributed by atoms with van der Waals surface area (Å²) in [6, 6.07) is 8.61. The minimum atomic E-state index is -0.609. The molecule has 0 amide bonds. The van der Waals surface area contributed by atoms with E-state index in [0.717, 1.165) is 0 Å². The van der Waals surface area contributed by atoms with E-state index in [1.54, 1.807) is 18.3 Å². The minimum absolute atomic E-state index is 0.0517. The summed E-state index contributed by atoms with van der Waals surface area (Å²) < 4.78 is 10.6. The summed E-state index contributed by atoms with van der Waals surface area (Å²) >= 11 is 3.15. The van der Waals surface area contributed by atoms with Crippen molar-refractivity contribution in [3.05, 3.63) is 57.3 Å². The summed E-state index contributed by atoms with van der Waals surface area (Å²) in [7, 11) is 0. The molecule has 0 spiro atoms. The van der Waals surface area contributed by atoms with Gasteiger partial charge in [0.1, 0.15) is 10.4 Å². The molecular weight excluding hydrogens is 344 g/mol. The molecule has 0 aliphatic heterocycles. The van der Waals surface area contributed by atoms with Gasteiger partial charge in [-0.05, 0) is 40.2 Å². The molecule has 7 nitrogen and oxygen atoms in total. The highest BCUT2D eigenvalue weighted by Gasteiger charge is 2.10. The van der Waals surface area contributed by atoms with E-state index in [2.05, 4.69) is 20.9 Å². The molecule has 0 unspecified atom stereocenters. The van der Waals surface area contributed by atoms with Gasteiger partial charge in [0.05, 0.1) is 4.92 Å². The molecule has 0 atom stereocenters. The molecule has 0 aliphatic rings. The number of nitrogens with zero attached hydrogens (tertiary/aromatic N) is 2. The zero-order valence-electron chi connectivity index (χ0n) is 10.6. The van der Waals surface area contributed by atoms with Crippen molar-refractivity contribution in [2.45, 2.75) is 0 Å². The molecule has 0 fully saturated rings. The average molecular weight is 353 g/mol. The van der Waals surface area contributed by atoms with Crippen LogP contribution >= 0.6 is 15.9 Å². The Kier molecular flexibility index (Phi) is 4.83. The fraction of sp³-hybridized carbons (Fsp3) is 0.0769. The first-order valence-electron chi connectivity index (χ1n) is 5.74. The summed E-state index contributed by atoms with van der Waals surface area (Å²) in [4.78, 5) is 25.5. The van der Waals surface area contributed by atoms with Crippen LogP contribution in [0.3, 0.4) is 0 Å². The number of non-ortho nitro benzene ring substituents is 1. The predicted molar refractivity (Wildman–Crippen MR) is 76.2 cm³/mol. The van der Waals surface area contributed by atoms with Gasteiger partial charge < -0.3 is 9.47 Å². The fourth-order valence-corrected chi connectivity index (χ4v) is 1.74. The fourth-order valence-electron chi connectivity index (χ4n) is 1.41. The van der Waals surface area contributed by atoms with Crippen LogP contribution < -0.4 is 9.47 Å². The van der Waals surface area contributed by atoms with Crippen LogP contribution in [0.15, 0.2) is 47.2 Å². The van der Waals surface area contributed by atoms with Crippen molar-refractivity contribution >= 4 is 27.6 Å². The highest BCUT2D eigenvalue weighted by atomic mass is 79.9. The lowest BCUT2D eigenvalue weighted by molar-refractivity contribution is -0.384. The van der Waals surface area contributed by atoms with E-state index < -0.39 is 10.9 Å². The number of halogens is 1. The predicted octanol–water partition coefficient (Wildman–Crippen LogP) is 2.74. The molecule has 0 radical (unpaired) electrons. The van der Waals surface area contributed by atoms with Crippen molar-refractivity contribution in [1.82, 2.24) is 4.98 Å². The standard InChI is InChI=1S/C13H9BrN2O5/c14-13-11(2-1-7-15-13)21-12(17)8-20-10-5-3-9(4-6-10)16(18)19/h1-7H,8H2. The number of ether oxygens (including phenoxy) is 2. The van der Waals surface area contributed by atoms with Gasteiger partial charge in [-0.25, -0.2) is 9.78 Å². The van der Waals surface area contributed by atoms with Gasteiger partial charge in [-0.15, -0.1) is 0 Å². The number of hydrogen-bond acceptors (Lipinski definition) is 6. The van der Waals surface area contributed by atoms with Crippen molar-refractivity contribution < 1.29 is 19.2 Å². The molecule has 21 heavy (non-hydrogen) atoms. The third-order valence-corrected chi connectivity index (χ3v) is 2.95. The second-order valence-electron chi connectivity index (χ2n) is 3.81. The molecule has 108 valence electrons. The molecule has 0 bridgehead atoms. The van der Waals surface area contributed by atoms with Gasteiger partial charge in [0.15, 0.2) is 12.4 Å². The van der Waals surface area contributed by atoms with Gasteiger partial charge >= 0.3 is 5.97 Å². The van der Waals surface area contributed by atoms with Crippen molar-refractivity contribution in [1.29, 1.82) is 0 Å². The van der Waals surface area contributed by atoms with Crippen LogP contribution in [0.4, 0.5) is 5.69 Å². The van der Waals surface area contributed by atoms with Gasteiger partial charge in [0, 0.05) is 18.3 Å². The Labute approximate surface area is 127 Å². The first kappa shape index (κ1) is 14.9. The topological polar surface area (TPSA) is 91.6 Å². The lowest BCUT2D eigenvalue weighted by Crippen LogP contribution is -2.18. The van der Waals surface area contributed by atoms with Crippen molar-refractivity contribution in [3.8, 4) is 11.5 Å². The van der Waals surface area contributed by atoms with E-state index in [1.807, 2.05) is 0 Å². The maximum Gasteiger partial charge on any atom is 0.349 e. The van der Waals surface area contributed by atoms with Crippen LogP contribution in [-0.2, 0) is 4.79 Å². The third-order valence-electron chi connectivity index (χ3n) is 2.35. The smallest absolute Gasteiger partial charge is 0.349 e. The normalized spacial score (nSPS) is 9.95. The molecule has 0 aliphatic carbocycles. The largest absolute Gasteiger partial charge is 0.482 e. The van der Waals surface area contributed by atoms with E-state index in [-0.39, 0.29) is 18.0 Å². The van der Waals surface area contributed by atoms with E-state index >= 15 is 0 Å². The molecule has 0 saturated heterocycles. The summed E-state index contributed by atoms with van der Waals surface area (Å²) in [6.45, 7) is -0.320. The second kappa shape index (κ2) is 6.80. The number of hydrogen-bond donors (Lipinski definition) is 0. The SMILES string of the molecule is O=C(COc1ccc([N+](=O)[O-])cc1)Oc1cccnc1Br. The molecule has 8 heteroatoms. The lowest BCUT2D eigenvalue weighted by Gasteiger charge is -2.07. The number of pyridine rings is 1. The molecule has 0 N–H and O–H groups in total. The van der Waals surface area contributed by atoms with Crippen LogP contribution in [0.5, 0.6) is 11.5 Å². The average Bonchev–Trinajstić information content (AvgIpc) is 2.48. The molecule has 2 rings (SSSR count). The zero-order valence-corrected chi connectivity index (χ0v) is 12.1. The van der Waals surface area contributed by atoms with Gasteiger partial charge in [0.25, 0.3) is 5.69 Å². The summed E-state index contributed by atoms with van der Waals surface area (Å²) in [5.74, 6) is 0.0136. The molecule has 0 saturated carbocycles. The Morgan fingerprint density at radius 2 is 2.00 bits per heavy atom. The molecule has 1 heterocycles. The quantitative estimate of drug-likeness (QED) is 0.355. The maximum atomic E-state index is 11.6. The van der Waals surface area contributed by atoms with Gasteiger partial charge in [-0.2, -0.15) is 0 Å². The van der Waals surface area contributed by atoms with Gasteiger partial charge in [-0.1, -0.05) is 0 Å². The Morgan fingerprint density at radius 3 is 2.62 bits per heavy atom. The number of nitro groups is 1. The number of carbonyl (C=O) groups is 1. The Morgan fingerprint density at radius 1 is 1.29 bits per heavy atom. The van der Waals surface area contributed by atoms with Crippen LogP contribution in [0, 0.1) is 10.1 Å². The number of benzene rings is 1. The van der Waals surface area contributed by atoms with Gasteiger partial charge in [-0.3, -0.25) is 10.1 Å². The number of carbonyl (C=O) groups excluding carboxylic acids is 1. The summed E-state index contributed by atoms with van der Waals surface area (Å²) in [6.07, 6.45) is 1.55. The molecule has 1 aromatic carbocycles. The van der Waals surface area contributed by atoms with E-state index in [0.29, 0.717) is 10.4 Å². The van der Waals surface area contributed by atoms with Crippen LogP contribution in [0.25, 0.3) is 0 Å². The van der Waals surface area contributed by atoms with Crippen LogP contribution in [0.1, 0.15) is 0 Å².